The lowest BCUT2D eigenvalue weighted by atomic mass is 9.75. The molecule has 3 N–H and O–H groups in total. The highest BCUT2D eigenvalue weighted by molar-refractivity contribution is 5.77. The van der Waals surface area contributed by atoms with Gasteiger partial charge in [0.15, 0.2) is 0 Å². The van der Waals surface area contributed by atoms with Crippen LogP contribution in [0.2, 0.25) is 0 Å². The molecule has 0 spiro atoms. The number of anilines is 1. The van der Waals surface area contributed by atoms with Gasteiger partial charge in [0.05, 0.1) is 0 Å². The number of piperidine rings is 1. The Hall–Kier alpha value is -3.25. The first kappa shape index (κ1) is 20.4. The van der Waals surface area contributed by atoms with Crippen LogP contribution in [-0.4, -0.2) is 44.4 Å². The maximum Gasteiger partial charge on any atom is 0.203 e. The Morgan fingerprint density at radius 3 is 2.82 bits per heavy atom. The van der Waals surface area contributed by atoms with Crippen molar-refractivity contribution < 1.29 is 0 Å². The number of aromatic nitrogens is 4. The van der Waals surface area contributed by atoms with Crippen molar-refractivity contribution in [2.24, 2.45) is 0 Å². The van der Waals surface area contributed by atoms with Crippen LogP contribution in [-0.2, 0) is 6.42 Å². The van der Waals surface area contributed by atoms with Gasteiger partial charge in [-0.3, -0.25) is 0 Å². The minimum atomic E-state index is 0.216. The number of nitrogens with two attached hydrogens (primary N) is 1. The number of fused-ring (bicyclic) bond motifs is 5. The summed E-state index contributed by atoms with van der Waals surface area (Å²) in [6, 6.07) is 22.4. The lowest BCUT2D eigenvalue weighted by Gasteiger charge is -2.44. The molecule has 2 aromatic heterocycles. The van der Waals surface area contributed by atoms with Crippen LogP contribution in [0.3, 0.4) is 0 Å². The topological polar surface area (TPSA) is 83.7 Å². The minimum Gasteiger partial charge on any atom is -0.384 e. The molecule has 2 aromatic carbocycles. The van der Waals surface area contributed by atoms with Gasteiger partial charge in [0.2, 0.25) is 5.65 Å². The molecule has 4 aromatic rings. The molecule has 0 radical (unpaired) electrons. The molecular formula is C27H30N6. The molecule has 6 rings (SSSR count). The van der Waals surface area contributed by atoms with Crippen LogP contribution in [0.15, 0.2) is 60.7 Å². The maximum atomic E-state index is 6.14. The van der Waals surface area contributed by atoms with E-state index in [1.807, 2.05) is 6.07 Å². The summed E-state index contributed by atoms with van der Waals surface area (Å²) in [6.07, 6.45) is 5.94. The molecule has 3 heterocycles. The van der Waals surface area contributed by atoms with Gasteiger partial charge in [-0.2, -0.15) is 10.3 Å². The van der Waals surface area contributed by atoms with Crippen LogP contribution in [0.25, 0.3) is 11.2 Å². The summed E-state index contributed by atoms with van der Waals surface area (Å²) in [6.45, 7) is 2.33. The molecule has 0 unspecified atom stereocenters. The van der Waals surface area contributed by atoms with Crippen LogP contribution < -0.4 is 5.73 Å². The van der Waals surface area contributed by atoms with Crippen LogP contribution in [0.5, 0.6) is 0 Å². The molecule has 6 heteroatoms. The van der Waals surface area contributed by atoms with Crippen molar-refractivity contribution in [3.63, 3.8) is 0 Å². The Labute approximate surface area is 194 Å². The molecule has 1 saturated heterocycles. The highest BCUT2D eigenvalue weighted by Gasteiger charge is 2.34. The van der Waals surface area contributed by atoms with Crippen molar-refractivity contribution in [2.75, 3.05) is 18.8 Å². The van der Waals surface area contributed by atoms with Crippen molar-refractivity contribution >= 4 is 17.0 Å². The van der Waals surface area contributed by atoms with Gasteiger partial charge in [-0.1, -0.05) is 54.6 Å². The lowest BCUT2D eigenvalue weighted by molar-refractivity contribution is 0.122. The number of aromatic amines is 1. The Morgan fingerprint density at radius 1 is 1.06 bits per heavy atom. The largest absolute Gasteiger partial charge is 0.384 e. The zero-order valence-corrected chi connectivity index (χ0v) is 18.8. The third-order valence-electron chi connectivity index (χ3n) is 7.65. The van der Waals surface area contributed by atoms with Crippen LogP contribution in [0.4, 0.5) is 5.82 Å². The summed E-state index contributed by atoms with van der Waals surface area (Å²) < 4.78 is 0. The van der Waals surface area contributed by atoms with Gasteiger partial charge in [-0.15, -0.1) is 5.10 Å². The number of likely N-dealkylation sites (tertiary alicyclic amines) is 1. The molecular weight excluding hydrogens is 408 g/mol. The zero-order chi connectivity index (χ0) is 22.2. The molecule has 33 heavy (non-hydrogen) atoms. The Balaban J connectivity index is 1.21. The van der Waals surface area contributed by atoms with Gasteiger partial charge in [0, 0.05) is 12.0 Å². The number of pyridine rings is 1. The van der Waals surface area contributed by atoms with Crippen LogP contribution in [0.1, 0.15) is 59.8 Å². The minimum absolute atomic E-state index is 0.216. The van der Waals surface area contributed by atoms with Gasteiger partial charge in [0.1, 0.15) is 11.3 Å². The molecule has 1 fully saturated rings. The van der Waals surface area contributed by atoms with E-state index in [4.69, 9.17) is 5.73 Å². The van der Waals surface area contributed by atoms with E-state index in [2.05, 4.69) is 79.9 Å². The second-order valence-electron chi connectivity index (χ2n) is 9.55. The standard InChI is InChI=1S/C27H30N6/c28-25-17-24(26-27(29-25)31-32-30-26)23(18-7-2-1-3-8-18)11-6-13-33-14-12-20-16-21(33)15-19-9-4-5-10-22(19)20/h1-5,7-10,17,20-21,23H,6,11-16H2,(H3,28,29,30,31,32)/t20-,21-,23+/m0/s1. The number of nitrogens with one attached hydrogen (secondary N) is 1. The van der Waals surface area contributed by atoms with E-state index in [1.54, 1.807) is 11.1 Å². The first-order valence-corrected chi connectivity index (χ1v) is 12.1. The first-order chi connectivity index (χ1) is 16.3. The predicted molar refractivity (Wildman–Crippen MR) is 131 cm³/mol. The maximum absolute atomic E-state index is 6.14. The van der Waals surface area contributed by atoms with Gasteiger partial charge < -0.3 is 10.6 Å². The molecule has 2 aliphatic rings. The first-order valence-electron chi connectivity index (χ1n) is 12.1. The summed E-state index contributed by atoms with van der Waals surface area (Å²) in [5, 5.41) is 11.3. The monoisotopic (exact) mass is 438 g/mol. The van der Waals surface area contributed by atoms with Gasteiger partial charge in [0.25, 0.3) is 0 Å². The second kappa shape index (κ2) is 8.60. The molecule has 2 bridgehead atoms. The fourth-order valence-corrected chi connectivity index (χ4v) is 6.09. The molecule has 1 aliphatic heterocycles. The average molecular weight is 439 g/mol. The van der Waals surface area contributed by atoms with Crippen molar-refractivity contribution in [3.05, 3.63) is 82.9 Å². The molecule has 168 valence electrons. The second-order valence-corrected chi connectivity index (χ2v) is 9.55. The van der Waals surface area contributed by atoms with E-state index in [9.17, 15) is 0 Å². The molecule has 0 saturated carbocycles. The van der Waals surface area contributed by atoms with E-state index in [0.29, 0.717) is 17.5 Å². The normalized spacial score (nSPS) is 21.1. The fraction of sp³-hybridized carbons (Fsp3) is 0.370. The quantitative estimate of drug-likeness (QED) is 0.458. The summed E-state index contributed by atoms with van der Waals surface area (Å²) in [7, 11) is 0. The Kier molecular flexibility index (Phi) is 5.30. The molecule has 0 amide bonds. The Morgan fingerprint density at radius 2 is 1.91 bits per heavy atom. The average Bonchev–Trinajstić information content (AvgIpc) is 3.32. The number of H-pyrrole nitrogens is 1. The smallest absolute Gasteiger partial charge is 0.203 e. The van der Waals surface area contributed by atoms with E-state index in [0.717, 1.165) is 36.4 Å². The third kappa shape index (κ3) is 3.89. The van der Waals surface area contributed by atoms with Gasteiger partial charge in [-0.05, 0) is 79.4 Å². The summed E-state index contributed by atoms with van der Waals surface area (Å²) in [5.41, 5.74) is 13.1. The number of hydrogen-bond acceptors (Lipinski definition) is 5. The van der Waals surface area contributed by atoms with E-state index in [1.165, 1.54) is 31.4 Å². The van der Waals surface area contributed by atoms with Crippen LogP contribution in [0, 0.1) is 0 Å². The molecule has 1 aliphatic carbocycles. The number of hydrogen-bond donors (Lipinski definition) is 2. The molecule has 6 nitrogen and oxygen atoms in total. The fourth-order valence-electron chi connectivity index (χ4n) is 6.09. The number of benzene rings is 2. The number of nitrogens with zero attached hydrogens (tertiary/aromatic N) is 4. The van der Waals surface area contributed by atoms with E-state index < -0.39 is 0 Å². The highest BCUT2D eigenvalue weighted by atomic mass is 15.3. The van der Waals surface area contributed by atoms with Crippen molar-refractivity contribution in [1.29, 1.82) is 0 Å². The van der Waals surface area contributed by atoms with Crippen molar-refractivity contribution in [1.82, 2.24) is 25.3 Å². The SMILES string of the molecule is Nc1cc([C@H](CCCN2CC[C@H]3C[C@@H]2Cc2ccccc23)c2ccccc2)c2n[nH]nc2n1. The highest BCUT2D eigenvalue weighted by Crippen LogP contribution is 2.40. The summed E-state index contributed by atoms with van der Waals surface area (Å²) in [4.78, 5) is 7.08. The van der Waals surface area contributed by atoms with Crippen molar-refractivity contribution in [3.8, 4) is 0 Å². The zero-order valence-electron chi connectivity index (χ0n) is 18.8. The summed E-state index contributed by atoms with van der Waals surface area (Å²) in [5.74, 6) is 1.46. The molecule has 3 atom stereocenters. The summed E-state index contributed by atoms with van der Waals surface area (Å²) >= 11 is 0. The Bertz CT molecular complexity index is 1250. The lowest BCUT2D eigenvalue weighted by Crippen LogP contribution is -2.46. The number of rotatable bonds is 6. The predicted octanol–water partition coefficient (Wildman–Crippen LogP) is 4.65. The van der Waals surface area contributed by atoms with Crippen molar-refractivity contribution in [2.45, 2.75) is 50.0 Å². The van der Waals surface area contributed by atoms with E-state index in [-0.39, 0.29) is 5.92 Å². The van der Waals surface area contributed by atoms with Gasteiger partial charge >= 0.3 is 0 Å². The van der Waals surface area contributed by atoms with Gasteiger partial charge in [-0.25, -0.2) is 4.98 Å². The number of nitrogen functional groups attached to an aromatic ring is 1. The van der Waals surface area contributed by atoms with Crippen LogP contribution >= 0.6 is 0 Å². The van der Waals surface area contributed by atoms with E-state index >= 15 is 0 Å². The third-order valence-corrected chi connectivity index (χ3v) is 7.65.